The lowest BCUT2D eigenvalue weighted by molar-refractivity contribution is -0.384. The van der Waals surface area contributed by atoms with Gasteiger partial charge in [0.05, 0.1) is 38.5 Å². The van der Waals surface area contributed by atoms with Gasteiger partial charge in [-0.05, 0) is 42.5 Å². The van der Waals surface area contributed by atoms with Crippen molar-refractivity contribution in [3.63, 3.8) is 0 Å². The van der Waals surface area contributed by atoms with E-state index in [-0.39, 0.29) is 33.4 Å². The van der Waals surface area contributed by atoms with Crippen LogP contribution in [0.4, 0.5) is 15.8 Å². The first-order valence-corrected chi connectivity index (χ1v) is 10.7. The number of para-hydroxylation sites is 1. The molecule has 0 unspecified atom stereocenters. The highest BCUT2D eigenvalue weighted by atomic mass is 32.2. The number of nitrogens with zero attached hydrogens (tertiary/aromatic N) is 4. The zero-order valence-corrected chi connectivity index (χ0v) is 18.1. The number of amides is 1. The molecule has 34 heavy (non-hydrogen) atoms. The molecule has 9 nitrogen and oxygen atoms in total. The first-order valence-electron chi connectivity index (χ1n) is 9.76. The van der Waals surface area contributed by atoms with Gasteiger partial charge in [-0.25, -0.2) is 9.37 Å². The highest BCUT2D eigenvalue weighted by molar-refractivity contribution is 7.99. The molecule has 0 aliphatic heterocycles. The molecule has 0 aliphatic rings. The van der Waals surface area contributed by atoms with E-state index in [0.29, 0.717) is 16.6 Å². The number of carbonyl (C=O) groups excluding carboxylic acids is 1. The van der Waals surface area contributed by atoms with Gasteiger partial charge in [-0.2, -0.15) is 5.26 Å². The Bertz CT molecular complexity index is 1530. The summed E-state index contributed by atoms with van der Waals surface area (Å²) in [5.74, 6) is -1.15. The van der Waals surface area contributed by atoms with Crippen LogP contribution in [0.5, 0.6) is 0 Å². The molecular weight excluding hydrogens is 461 g/mol. The molecule has 0 spiro atoms. The molecule has 0 fully saturated rings. The maximum Gasteiger partial charge on any atom is 0.270 e. The molecule has 0 radical (unpaired) electrons. The van der Waals surface area contributed by atoms with Crippen LogP contribution in [0.1, 0.15) is 5.56 Å². The third-order valence-electron chi connectivity index (χ3n) is 4.77. The van der Waals surface area contributed by atoms with Gasteiger partial charge in [-0.1, -0.05) is 23.9 Å². The van der Waals surface area contributed by atoms with Crippen LogP contribution < -0.4 is 10.9 Å². The standard InChI is InChI=1S/C23H14FN5O4S/c24-15-5-7-16(8-6-15)28-22(31)18-3-1-2-4-20(18)27-23(28)34-13-21(30)26-19-10-9-17(29(32)33)11-14(19)12-25/h1-11H,13H2,(H,26,30). The van der Waals surface area contributed by atoms with Crippen molar-refractivity contribution in [1.29, 1.82) is 5.26 Å². The molecule has 168 valence electrons. The maximum absolute atomic E-state index is 13.4. The van der Waals surface area contributed by atoms with Crippen molar-refractivity contribution in [2.75, 3.05) is 11.1 Å². The lowest BCUT2D eigenvalue weighted by Crippen LogP contribution is -2.23. The Kier molecular flexibility index (Phi) is 6.33. The van der Waals surface area contributed by atoms with Crippen molar-refractivity contribution in [3.8, 4) is 11.8 Å². The zero-order valence-electron chi connectivity index (χ0n) is 17.3. The van der Waals surface area contributed by atoms with Crippen LogP contribution in [-0.2, 0) is 4.79 Å². The average Bonchev–Trinajstić information content (AvgIpc) is 2.84. The van der Waals surface area contributed by atoms with Crippen LogP contribution in [0.25, 0.3) is 16.6 Å². The van der Waals surface area contributed by atoms with Gasteiger partial charge in [0, 0.05) is 12.1 Å². The van der Waals surface area contributed by atoms with Crippen molar-refractivity contribution in [1.82, 2.24) is 9.55 Å². The van der Waals surface area contributed by atoms with Crippen molar-refractivity contribution < 1.29 is 14.1 Å². The summed E-state index contributed by atoms with van der Waals surface area (Å²) >= 11 is 0.979. The highest BCUT2D eigenvalue weighted by Crippen LogP contribution is 2.24. The fraction of sp³-hybridized carbons (Fsp3) is 0.0435. The second kappa shape index (κ2) is 9.51. The quantitative estimate of drug-likeness (QED) is 0.193. The number of benzene rings is 3. The third kappa shape index (κ3) is 4.62. The number of halogens is 1. The van der Waals surface area contributed by atoms with Gasteiger partial charge >= 0.3 is 0 Å². The molecule has 0 saturated heterocycles. The number of aromatic nitrogens is 2. The van der Waals surface area contributed by atoms with Gasteiger partial charge in [0.15, 0.2) is 5.16 Å². The van der Waals surface area contributed by atoms with E-state index in [1.807, 2.05) is 6.07 Å². The Morgan fingerprint density at radius 2 is 1.91 bits per heavy atom. The molecule has 4 aromatic rings. The van der Waals surface area contributed by atoms with E-state index >= 15 is 0 Å². The monoisotopic (exact) mass is 475 g/mol. The Labute approximate surface area is 195 Å². The van der Waals surface area contributed by atoms with Crippen LogP contribution in [-0.4, -0.2) is 26.1 Å². The van der Waals surface area contributed by atoms with E-state index in [1.54, 1.807) is 24.3 Å². The molecule has 1 N–H and O–H groups in total. The molecule has 1 aromatic heterocycles. The first-order chi connectivity index (χ1) is 16.4. The van der Waals surface area contributed by atoms with Crippen LogP contribution in [0.2, 0.25) is 0 Å². The molecule has 1 amide bonds. The number of nitro groups is 1. The van der Waals surface area contributed by atoms with E-state index in [4.69, 9.17) is 0 Å². The molecule has 0 saturated carbocycles. The summed E-state index contributed by atoms with van der Waals surface area (Å²) in [7, 11) is 0. The number of rotatable bonds is 6. The summed E-state index contributed by atoms with van der Waals surface area (Å²) in [5.41, 5.74) is 0.251. The van der Waals surface area contributed by atoms with E-state index in [2.05, 4.69) is 10.3 Å². The van der Waals surface area contributed by atoms with E-state index in [9.17, 15) is 29.4 Å². The molecule has 4 rings (SSSR count). The minimum atomic E-state index is -0.637. The summed E-state index contributed by atoms with van der Waals surface area (Å²) in [6, 6.07) is 17.4. The normalized spacial score (nSPS) is 10.6. The van der Waals surface area contributed by atoms with E-state index in [1.165, 1.54) is 41.0 Å². The van der Waals surface area contributed by atoms with E-state index < -0.39 is 16.6 Å². The molecule has 3 aromatic carbocycles. The average molecular weight is 475 g/mol. The number of non-ortho nitro benzene ring substituents is 1. The predicted molar refractivity (Wildman–Crippen MR) is 124 cm³/mol. The van der Waals surface area contributed by atoms with Gasteiger partial charge in [0.25, 0.3) is 11.2 Å². The third-order valence-corrected chi connectivity index (χ3v) is 5.71. The SMILES string of the molecule is N#Cc1cc([N+](=O)[O-])ccc1NC(=O)CSc1nc2ccccc2c(=O)n1-c1ccc(F)cc1. The Hall–Kier alpha value is -4.56. The van der Waals surface area contributed by atoms with Crippen molar-refractivity contribution in [2.45, 2.75) is 5.16 Å². The van der Waals surface area contributed by atoms with Gasteiger partial charge in [-0.3, -0.25) is 24.3 Å². The number of hydrogen-bond donors (Lipinski definition) is 1. The van der Waals surface area contributed by atoms with Crippen molar-refractivity contribution >= 4 is 39.9 Å². The summed E-state index contributed by atoms with van der Waals surface area (Å²) in [4.78, 5) is 40.5. The Morgan fingerprint density at radius 1 is 1.18 bits per heavy atom. The van der Waals surface area contributed by atoms with Crippen LogP contribution in [0, 0.1) is 27.3 Å². The van der Waals surface area contributed by atoms with Gasteiger partial charge in [0.1, 0.15) is 11.9 Å². The minimum Gasteiger partial charge on any atom is -0.324 e. The number of nitriles is 1. The van der Waals surface area contributed by atoms with Crippen LogP contribution >= 0.6 is 11.8 Å². The zero-order chi connectivity index (χ0) is 24.2. The molecule has 11 heteroatoms. The number of thioether (sulfide) groups is 1. The topological polar surface area (TPSA) is 131 Å². The van der Waals surface area contributed by atoms with Gasteiger partial charge < -0.3 is 5.32 Å². The number of nitrogens with one attached hydrogen (secondary N) is 1. The highest BCUT2D eigenvalue weighted by Gasteiger charge is 2.17. The summed E-state index contributed by atoms with van der Waals surface area (Å²) in [6.45, 7) is 0. The molecule has 0 bridgehead atoms. The fourth-order valence-corrected chi connectivity index (χ4v) is 4.00. The Balaban J connectivity index is 1.63. The second-order valence-corrected chi connectivity index (χ2v) is 7.91. The van der Waals surface area contributed by atoms with Crippen molar-refractivity contribution in [3.05, 3.63) is 98.6 Å². The number of hydrogen-bond acceptors (Lipinski definition) is 7. The molecule has 1 heterocycles. The van der Waals surface area contributed by atoms with Crippen LogP contribution in [0.3, 0.4) is 0 Å². The smallest absolute Gasteiger partial charge is 0.270 e. The first kappa shape index (κ1) is 22.6. The number of anilines is 1. The second-order valence-electron chi connectivity index (χ2n) is 6.96. The number of carbonyl (C=O) groups is 1. The summed E-state index contributed by atoms with van der Waals surface area (Å²) < 4.78 is 14.7. The van der Waals surface area contributed by atoms with Gasteiger partial charge in [-0.15, -0.1) is 0 Å². The molecule has 0 aliphatic carbocycles. The minimum absolute atomic E-state index is 0.0559. The number of nitro benzene ring substituents is 1. The molecular formula is C23H14FN5O4S. The predicted octanol–water partition coefficient (Wildman–Crippen LogP) is 4.04. The fourth-order valence-electron chi connectivity index (χ4n) is 3.19. The lowest BCUT2D eigenvalue weighted by atomic mass is 10.1. The lowest BCUT2D eigenvalue weighted by Gasteiger charge is -2.13. The molecule has 0 atom stereocenters. The van der Waals surface area contributed by atoms with Crippen LogP contribution in [0.15, 0.2) is 76.7 Å². The number of fused-ring (bicyclic) bond motifs is 1. The van der Waals surface area contributed by atoms with E-state index in [0.717, 1.165) is 17.8 Å². The van der Waals surface area contributed by atoms with Crippen molar-refractivity contribution in [2.24, 2.45) is 0 Å². The van der Waals surface area contributed by atoms with Gasteiger partial charge in [0.2, 0.25) is 5.91 Å². The Morgan fingerprint density at radius 3 is 2.62 bits per heavy atom. The summed E-state index contributed by atoms with van der Waals surface area (Å²) in [6.07, 6.45) is 0. The summed E-state index contributed by atoms with van der Waals surface area (Å²) in [5, 5.41) is 23.3. The maximum atomic E-state index is 13.4. The largest absolute Gasteiger partial charge is 0.324 e.